The first-order chi connectivity index (χ1) is 12.0. The van der Waals surface area contributed by atoms with Gasteiger partial charge < -0.3 is 16.2 Å². The Balaban J connectivity index is 1.84. The van der Waals surface area contributed by atoms with E-state index >= 15 is 0 Å². The van der Waals surface area contributed by atoms with Crippen molar-refractivity contribution in [2.24, 2.45) is 5.41 Å². The summed E-state index contributed by atoms with van der Waals surface area (Å²) in [5, 5.41) is 13.9. The largest absolute Gasteiger partial charge is 0.396 e. The standard InChI is InChI=1S/C17H21N5OS2/c1-17(2,10-23)9-19-13-12-14(20-15(18)25-12)22-16(21-13)24-8-11-6-4-3-5-7-11/h3-7,23H,8-10H2,1-2H3,(H3,18,19,20,21,22). The molecular formula is C17H21N5OS2. The molecule has 0 aliphatic heterocycles. The molecule has 0 aliphatic carbocycles. The number of nitrogens with zero attached hydrogens (tertiary/aromatic N) is 3. The molecule has 2 aromatic heterocycles. The van der Waals surface area contributed by atoms with E-state index in [2.05, 4.69) is 32.4 Å². The van der Waals surface area contributed by atoms with E-state index in [9.17, 15) is 5.11 Å². The van der Waals surface area contributed by atoms with E-state index in [0.717, 1.165) is 16.3 Å². The van der Waals surface area contributed by atoms with Crippen LogP contribution in [-0.4, -0.2) is 33.2 Å². The summed E-state index contributed by atoms with van der Waals surface area (Å²) in [5.41, 5.74) is 7.42. The molecule has 0 atom stereocenters. The molecule has 0 radical (unpaired) electrons. The second kappa shape index (κ2) is 7.55. The summed E-state index contributed by atoms with van der Waals surface area (Å²) < 4.78 is 0.843. The van der Waals surface area contributed by atoms with E-state index in [1.165, 1.54) is 16.9 Å². The van der Waals surface area contributed by atoms with Crippen LogP contribution in [-0.2, 0) is 5.75 Å². The molecule has 0 aliphatic rings. The van der Waals surface area contributed by atoms with Gasteiger partial charge in [-0.1, -0.05) is 67.3 Å². The molecule has 1 aromatic carbocycles. The van der Waals surface area contributed by atoms with Crippen LogP contribution >= 0.6 is 23.1 Å². The maximum absolute atomic E-state index is 9.45. The number of nitrogens with one attached hydrogen (secondary N) is 1. The highest BCUT2D eigenvalue weighted by Gasteiger charge is 2.19. The number of aromatic nitrogens is 3. The van der Waals surface area contributed by atoms with Crippen molar-refractivity contribution in [1.29, 1.82) is 0 Å². The average molecular weight is 376 g/mol. The van der Waals surface area contributed by atoms with Crippen LogP contribution in [0.3, 0.4) is 0 Å². The van der Waals surface area contributed by atoms with Gasteiger partial charge in [0, 0.05) is 24.3 Å². The van der Waals surface area contributed by atoms with E-state index in [1.807, 2.05) is 32.0 Å². The maximum Gasteiger partial charge on any atom is 0.191 e. The number of hydrogen-bond acceptors (Lipinski definition) is 8. The highest BCUT2D eigenvalue weighted by molar-refractivity contribution is 7.98. The predicted molar refractivity (Wildman–Crippen MR) is 105 cm³/mol. The van der Waals surface area contributed by atoms with Gasteiger partial charge >= 0.3 is 0 Å². The smallest absolute Gasteiger partial charge is 0.191 e. The van der Waals surface area contributed by atoms with E-state index < -0.39 is 0 Å². The number of anilines is 2. The van der Waals surface area contributed by atoms with Gasteiger partial charge in [-0.15, -0.1) is 0 Å². The van der Waals surface area contributed by atoms with Gasteiger partial charge in [-0.05, 0) is 5.56 Å². The number of nitrogens with two attached hydrogens (primary N) is 1. The Bertz CT molecular complexity index is 851. The quantitative estimate of drug-likeness (QED) is 0.430. The first-order valence-electron chi connectivity index (χ1n) is 7.92. The van der Waals surface area contributed by atoms with Crippen molar-refractivity contribution in [3.63, 3.8) is 0 Å². The van der Waals surface area contributed by atoms with Crippen LogP contribution in [0.15, 0.2) is 35.5 Å². The number of benzene rings is 1. The molecule has 25 heavy (non-hydrogen) atoms. The number of fused-ring (bicyclic) bond motifs is 1. The Kier molecular flexibility index (Phi) is 5.41. The van der Waals surface area contributed by atoms with Crippen molar-refractivity contribution in [3.8, 4) is 0 Å². The van der Waals surface area contributed by atoms with Crippen LogP contribution in [0.2, 0.25) is 0 Å². The van der Waals surface area contributed by atoms with E-state index in [0.29, 0.717) is 22.5 Å². The van der Waals surface area contributed by atoms with Crippen molar-refractivity contribution < 1.29 is 5.11 Å². The molecule has 0 amide bonds. The van der Waals surface area contributed by atoms with Crippen molar-refractivity contribution in [1.82, 2.24) is 15.0 Å². The molecule has 6 nitrogen and oxygen atoms in total. The Morgan fingerprint density at radius 1 is 1.20 bits per heavy atom. The highest BCUT2D eigenvalue weighted by Crippen LogP contribution is 2.32. The average Bonchev–Trinajstić information content (AvgIpc) is 2.99. The van der Waals surface area contributed by atoms with Gasteiger partial charge in [0.15, 0.2) is 21.8 Å². The third-order valence-corrected chi connectivity index (χ3v) is 5.42. The molecule has 8 heteroatoms. The summed E-state index contributed by atoms with van der Waals surface area (Å²) in [6.45, 7) is 4.67. The van der Waals surface area contributed by atoms with E-state index in [4.69, 9.17) is 5.73 Å². The first kappa shape index (κ1) is 17.9. The Labute approximate surface area is 154 Å². The monoisotopic (exact) mass is 375 g/mol. The van der Waals surface area contributed by atoms with Gasteiger partial charge in [-0.3, -0.25) is 0 Å². The number of aliphatic hydroxyl groups is 1. The van der Waals surface area contributed by atoms with Gasteiger partial charge in [-0.25, -0.2) is 15.0 Å². The maximum atomic E-state index is 9.45. The number of thioether (sulfide) groups is 1. The molecular weight excluding hydrogens is 354 g/mol. The minimum Gasteiger partial charge on any atom is -0.396 e. The van der Waals surface area contributed by atoms with Gasteiger partial charge in [0.2, 0.25) is 0 Å². The van der Waals surface area contributed by atoms with Crippen LogP contribution in [0.5, 0.6) is 0 Å². The lowest BCUT2D eigenvalue weighted by Gasteiger charge is -2.22. The third kappa shape index (κ3) is 4.59. The lowest BCUT2D eigenvalue weighted by Crippen LogP contribution is -2.27. The normalized spacial score (nSPS) is 11.8. The van der Waals surface area contributed by atoms with Crippen molar-refractivity contribution >= 4 is 44.4 Å². The molecule has 0 saturated carbocycles. The molecule has 0 unspecified atom stereocenters. The molecule has 0 bridgehead atoms. The molecule has 3 rings (SSSR count). The van der Waals surface area contributed by atoms with Crippen LogP contribution in [0.25, 0.3) is 10.3 Å². The summed E-state index contributed by atoms with van der Waals surface area (Å²) in [6, 6.07) is 10.2. The van der Waals surface area contributed by atoms with Crippen molar-refractivity contribution in [2.45, 2.75) is 24.8 Å². The van der Waals surface area contributed by atoms with Gasteiger partial charge in [0.1, 0.15) is 4.70 Å². The van der Waals surface area contributed by atoms with Gasteiger partial charge in [0.05, 0.1) is 0 Å². The topological polar surface area (TPSA) is 97.0 Å². The number of nitrogen functional groups attached to an aromatic ring is 1. The molecule has 0 fully saturated rings. The number of rotatable bonds is 7. The Morgan fingerprint density at radius 3 is 2.68 bits per heavy atom. The third-order valence-electron chi connectivity index (χ3n) is 3.62. The fourth-order valence-electron chi connectivity index (χ4n) is 2.11. The first-order valence-corrected chi connectivity index (χ1v) is 9.72. The summed E-state index contributed by atoms with van der Waals surface area (Å²) in [5.74, 6) is 1.50. The molecule has 132 valence electrons. The Morgan fingerprint density at radius 2 is 1.96 bits per heavy atom. The zero-order chi connectivity index (χ0) is 17.9. The second-order valence-corrected chi connectivity index (χ2v) is 8.48. The van der Waals surface area contributed by atoms with Crippen LogP contribution in [0.4, 0.5) is 10.9 Å². The fourth-order valence-corrected chi connectivity index (χ4v) is 3.64. The van der Waals surface area contributed by atoms with Crippen LogP contribution in [0, 0.1) is 5.41 Å². The van der Waals surface area contributed by atoms with Crippen LogP contribution < -0.4 is 11.1 Å². The van der Waals surface area contributed by atoms with Crippen molar-refractivity contribution in [2.75, 3.05) is 24.2 Å². The van der Waals surface area contributed by atoms with Crippen LogP contribution in [0.1, 0.15) is 19.4 Å². The zero-order valence-corrected chi connectivity index (χ0v) is 15.8. The number of hydrogen-bond donors (Lipinski definition) is 3. The van der Waals surface area contributed by atoms with Gasteiger partial charge in [0.25, 0.3) is 0 Å². The summed E-state index contributed by atoms with van der Waals surface area (Å²) in [6.07, 6.45) is 0. The summed E-state index contributed by atoms with van der Waals surface area (Å²) in [7, 11) is 0. The summed E-state index contributed by atoms with van der Waals surface area (Å²) in [4.78, 5) is 13.5. The lowest BCUT2D eigenvalue weighted by molar-refractivity contribution is 0.171. The van der Waals surface area contributed by atoms with E-state index in [-0.39, 0.29) is 12.0 Å². The SMILES string of the molecule is CC(C)(CO)CNc1nc(SCc2ccccc2)nc2nc(N)sc12. The Hall–Kier alpha value is -1.90. The molecule has 0 saturated heterocycles. The fraction of sp³-hybridized carbons (Fsp3) is 0.353. The molecule has 4 N–H and O–H groups in total. The summed E-state index contributed by atoms with van der Waals surface area (Å²) >= 11 is 2.93. The van der Waals surface area contributed by atoms with E-state index in [1.54, 1.807) is 11.8 Å². The molecule has 2 heterocycles. The number of aliphatic hydroxyl groups excluding tert-OH is 1. The van der Waals surface area contributed by atoms with Crippen molar-refractivity contribution in [3.05, 3.63) is 35.9 Å². The minimum atomic E-state index is -0.245. The molecule has 0 spiro atoms. The molecule has 3 aromatic rings. The second-order valence-electron chi connectivity index (χ2n) is 6.51. The highest BCUT2D eigenvalue weighted by atomic mass is 32.2. The minimum absolute atomic E-state index is 0.0919. The zero-order valence-electron chi connectivity index (χ0n) is 14.2. The van der Waals surface area contributed by atoms with Gasteiger partial charge in [-0.2, -0.15) is 0 Å². The lowest BCUT2D eigenvalue weighted by atomic mass is 9.95. The predicted octanol–water partition coefficient (Wildman–Crippen LogP) is 3.39. The number of thiazole rings is 1.